The third kappa shape index (κ3) is 2.42. The van der Waals surface area contributed by atoms with E-state index in [-0.39, 0.29) is 5.91 Å². The van der Waals surface area contributed by atoms with Gasteiger partial charge in [0.15, 0.2) is 0 Å². The van der Waals surface area contributed by atoms with E-state index in [2.05, 4.69) is 17.1 Å². The second-order valence-electron chi connectivity index (χ2n) is 5.58. The maximum atomic E-state index is 12.3. The van der Waals surface area contributed by atoms with Crippen molar-refractivity contribution in [1.82, 2.24) is 10.2 Å². The molecule has 4 heterocycles. The minimum absolute atomic E-state index is 0.0651. The third-order valence-electron chi connectivity index (χ3n) is 4.56. The zero-order valence-electron chi connectivity index (χ0n) is 11.3. The lowest BCUT2D eigenvalue weighted by molar-refractivity contribution is 0.0218. The SMILES string of the molecule is C[C@H]1[C@H](NC(=O)c2ccc(CN)s2)C2CCN1CC2. The van der Waals surface area contributed by atoms with E-state index in [1.54, 1.807) is 0 Å². The smallest absolute Gasteiger partial charge is 0.261 e. The van der Waals surface area contributed by atoms with Gasteiger partial charge in [0.05, 0.1) is 4.88 Å². The number of carbonyl (C=O) groups excluding carboxylic acids is 1. The molecule has 3 saturated heterocycles. The minimum Gasteiger partial charge on any atom is -0.347 e. The molecule has 5 heteroatoms. The van der Waals surface area contributed by atoms with E-state index in [0.29, 0.717) is 24.5 Å². The Morgan fingerprint density at radius 1 is 1.47 bits per heavy atom. The fraction of sp³-hybridized carbons (Fsp3) is 0.643. The zero-order chi connectivity index (χ0) is 13.4. The van der Waals surface area contributed by atoms with Gasteiger partial charge in [-0.15, -0.1) is 11.3 Å². The molecule has 0 saturated carbocycles. The van der Waals surface area contributed by atoms with Crippen LogP contribution < -0.4 is 11.1 Å². The van der Waals surface area contributed by atoms with E-state index >= 15 is 0 Å². The van der Waals surface area contributed by atoms with Crippen molar-refractivity contribution in [3.05, 3.63) is 21.9 Å². The average molecular weight is 279 g/mol. The fourth-order valence-corrected chi connectivity index (χ4v) is 4.17. The number of fused-ring (bicyclic) bond motifs is 3. The monoisotopic (exact) mass is 279 g/mol. The molecular weight excluding hydrogens is 258 g/mol. The molecule has 4 nitrogen and oxygen atoms in total. The predicted molar refractivity (Wildman–Crippen MR) is 77.2 cm³/mol. The van der Waals surface area contributed by atoms with E-state index in [0.717, 1.165) is 9.75 Å². The van der Waals surface area contributed by atoms with Crippen molar-refractivity contribution in [2.24, 2.45) is 11.7 Å². The maximum absolute atomic E-state index is 12.3. The van der Waals surface area contributed by atoms with E-state index in [4.69, 9.17) is 5.73 Å². The molecule has 0 radical (unpaired) electrons. The Hall–Kier alpha value is -0.910. The van der Waals surface area contributed by atoms with E-state index in [1.165, 1.54) is 37.3 Å². The molecule has 104 valence electrons. The lowest BCUT2D eigenvalue weighted by atomic mass is 9.79. The van der Waals surface area contributed by atoms with Crippen LogP contribution in [0, 0.1) is 5.92 Å². The molecule has 1 amide bonds. The average Bonchev–Trinajstić information content (AvgIpc) is 2.92. The maximum Gasteiger partial charge on any atom is 0.261 e. The highest BCUT2D eigenvalue weighted by Crippen LogP contribution is 2.32. The van der Waals surface area contributed by atoms with Crippen LogP contribution in [0.25, 0.3) is 0 Å². The van der Waals surface area contributed by atoms with Crippen molar-refractivity contribution >= 4 is 17.2 Å². The topological polar surface area (TPSA) is 58.4 Å². The lowest BCUT2D eigenvalue weighted by Crippen LogP contribution is -2.62. The van der Waals surface area contributed by atoms with Crippen molar-refractivity contribution in [3.8, 4) is 0 Å². The van der Waals surface area contributed by atoms with Crippen molar-refractivity contribution in [3.63, 3.8) is 0 Å². The Labute approximate surface area is 118 Å². The Bertz CT molecular complexity index is 463. The summed E-state index contributed by atoms with van der Waals surface area (Å²) in [6.45, 7) is 5.12. The van der Waals surface area contributed by atoms with E-state index in [9.17, 15) is 4.79 Å². The van der Waals surface area contributed by atoms with Crippen LogP contribution in [0.15, 0.2) is 12.1 Å². The van der Waals surface area contributed by atoms with Crippen molar-refractivity contribution in [2.45, 2.75) is 38.4 Å². The number of nitrogens with one attached hydrogen (secondary N) is 1. The van der Waals surface area contributed by atoms with Gasteiger partial charge >= 0.3 is 0 Å². The van der Waals surface area contributed by atoms with Gasteiger partial charge in [-0.05, 0) is 50.9 Å². The molecule has 3 aliphatic heterocycles. The van der Waals surface area contributed by atoms with Gasteiger partial charge in [0.2, 0.25) is 0 Å². The van der Waals surface area contributed by atoms with Crippen LogP contribution >= 0.6 is 11.3 Å². The summed E-state index contributed by atoms with van der Waals surface area (Å²) in [7, 11) is 0. The van der Waals surface area contributed by atoms with Crippen molar-refractivity contribution in [1.29, 1.82) is 0 Å². The van der Waals surface area contributed by atoms with Gasteiger partial charge in [0.1, 0.15) is 0 Å². The first-order chi connectivity index (χ1) is 9.19. The molecule has 0 aliphatic carbocycles. The van der Waals surface area contributed by atoms with Gasteiger partial charge in [-0.25, -0.2) is 0 Å². The molecule has 0 spiro atoms. The van der Waals surface area contributed by atoms with Gasteiger partial charge in [-0.2, -0.15) is 0 Å². The molecule has 0 unspecified atom stereocenters. The van der Waals surface area contributed by atoms with E-state index < -0.39 is 0 Å². The summed E-state index contributed by atoms with van der Waals surface area (Å²) in [4.78, 5) is 16.6. The van der Waals surface area contributed by atoms with Crippen LogP contribution in [0.5, 0.6) is 0 Å². The normalized spacial score (nSPS) is 33.4. The summed E-state index contributed by atoms with van der Waals surface area (Å²) in [6.07, 6.45) is 2.43. The molecule has 3 fully saturated rings. The predicted octanol–water partition coefficient (Wildman–Crippen LogP) is 1.42. The summed E-state index contributed by atoms with van der Waals surface area (Å²) in [5.74, 6) is 0.716. The highest BCUT2D eigenvalue weighted by atomic mass is 32.1. The Morgan fingerprint density at radius 2 is 2.21 bits per heavy atom. The molecule has 4 rings (SSSR count). The number of hydrogen-bond donors (Lipinski definition) is 2. The zero-order valence-corrected chi connectivity index (χ0v) is 12.1. The Kier molecular flexibility index (Phi) is 3.60. The van der Waals surface area contributed by atoms with Crippen LogP contribution in [0.4, 0.5) is 0 Å². The first-order valence-corrected chi connectivity index (χ1v) is 7.84. The van der Waals surface area contributed by atoms with Gasteiger partial charge in [0, 0.05) is 23.5 Å². The molecule has 1 aromatic heterocycles. The molecule has 2 atom stereocenters. The second-order valence-corrected chi connectivity index (χ2v) is 6.75. The largest absolute Gasteiger partial charge is 0.347 e. The molecule has 19 heavy (non-hydrogen) atoms. The second kappa shape index (κ2) is 5.23. The number of hydrogen-bond acceptors (Lipinski definition) is 4. The first kappa shape index (κ1) is 13.1. The molecule has 2 bridgehead atoms. The fourth-order valence-electron chi connectivity index (χ4n) is 3.38. The Balaban J connectivity index is 1.69. The third-order valence-corrected chi connectivity index (χ3v) is 5.67. The van der Waals surface area contributed by atoms with Crippen LogP contribution in [0.2, 0.25) is 0 Å². The summed E-state index contributed by atoms with van der Waals surface area (Å²) in [5.41, 5.74) is 5.59. The lowest BCUT2D eigenvalue weighted by Gasteiger charge is -2.49. The number of nitrogens with two attached hydrogens (primary N) is 1. The summed E-state index contributed by atoms with van der Waals surface area (Å²) in [5, 5.41) is 3.24. The molecule has 1 aromatic rings. The van der Waals surface area contributed by atoms with Crippen molar-refractivity contribution < 1.29 is 4.79 Å². The van der Waals surface area contributed by atoms with Gasteiger partial charge in [0.25, 0.3) is 5.91 Å². The molecule has 0 aromatic carbocycles. The highest BCUT2D eigenvalue weighted by molar-refractivity contribution is 7.14. The summed E-state index contributed by atoms with van der Waals surface area (Å²) in [6, 6.07) is 4.59. The number of piperidine rings is 3. The molecular formula is C14H21N3OS. The van der Waals surface area contributed by atoms with Crippen LogP contribution in [-0.4, -0.2) is 36.0 Å². The van der Waals surface area contributed by atoms with Gasteiger partial charge in [-0.3, -0.25) is 9.69 Å². The number of rotatable bonds is 3. The quantitative estimate of drug-likeness (QED) is 0.880. The number of carbonyl (C=O) groups is 1. The number of amides is 1. The molecule has 3 aliphatic rings. The Morgan fingerprint density at radius 3 is 2.79 bits per heavy atom. The summed E-state index contributed by atoms with van der Waals surface area (Å²) >= 11 is 1.50. The molecule has 3 N–H and O–H groups in total. The van der Waals surface area contributed by atoms with Crippen molar-refractivity contribution in [2.75, 3.05) is 13.1 Å². The van der Waals surface area contributed by atoms with E-state index in [1.807, 2.05) is 12.1 Å². The van der Waals surface area contributed by atoms with Crippen LogP contribution in [0.3, 0.4) is 0 Å². The number of thiophene rings is 1. The number of nitrogens with zero attached hydrogens (tertiary/aromatic N) is 1. The minimum atomic E-state index is 0.0651. The van der Waals surface area contributed by atoms with Crippen LogP contribution in [-0.2, 0) is 6.54 Å². The van der Waals surface area contributed by atoms with Crippen LogP contribution in [0.1, 0.15) is 34.3 Å². The first-order valence-electron chi connectivity index (χ1n) is 7.02. The highest BCUT2D eigenvalue weighted by Gasteiger charge is 2.40. The standard InChI is InChI=1S/C14H21N3OS/c1-9-13(10-4-6-17(9)7-5-10)16-14(18)12-3-2-11(8-15)19-12/h2-3,9-10,13H,4-8,15H2,1H3,(H,16,18)/t9-,13-/m0/s1. The van der Waals surface area contributed by atoms with Gasteiger partial charge in [-0.1, -0.05) is 0 Å². The summed E-state index contributed by atoms with van der Waals surface area (Å²) < 4.78 is 0. The van der Waals surface area contributed by atoms with Gasteiger partial charge < -0.3 is 11.1 Å².